The molecule has 1 aromatic heterocycles. The van der Waals surface area contributed by atoms with E-state index in [4.69, 9.17) is 4.52 Å². The first-order valence-electron chi connectivity index (χ1n) is 6.97. The average molecular weight is 233 g/mol. The van der Waals surface area contributed by atoms with E-state index in [1.807, 2.05) is 6.20 Å². The van der Waals surface area contributed by atoms with Crippen molar-refractivity contribution >= 4 is 0 Å². The van der Waals surface area contributed by atoms with Gasteiger partial charge in [-0.2, -0.15) is 0 Å². The molecule has 0 aromatic carbocycles. The highest BCUT2D eigenvalue weighted by atomic mass is 16.5. The van der Waals surface area contributed by atoms with Crippen LogP contribution in [0.15, 0.2) is 10.7 Å². The Hall–Kier alpha value is -0.790. The molecule has 0 N–H and O–H groups in total. The Morgan fingerprint density at radius 2 is 1.94 bits per heavy atom. The smallest absolute Gasteiger partial charge is 0.143 e. The molecule has 2 heteroatoms. The van der Waals surface area contributed by atoms with Crippen LogP contribution in [0.3, 0.4) is 0 Å². The molecule has 0 atom stereocenters. The van der Waals surface area contributed by atoms with Gasteiger partial charge < -0.3 is 4.52 Å². The van der Waals surface area contributed by atoms with Crippen molar-refractivity contribution in [3.63, 3.8) is 0 Å². The van der Waals surface area contributed by atoms with E-state index < -0.39 is 0 Å². The summed E-state index contributed by atoms with van der Waals surface area (Å²) < 4.78 is 5.50. The number of aromatic nitrogens is 1. The Morgan fingerprint density at radius 1 is 1.24 bits per heavy atom. The molecule has 1 heterocycles. The normalized spacial score (nSPS) is 29.1. The van der Waals surface area contributed by atoms with Gasteiger partial charge in [0.05, 0.1) is 6.20 Å². The van der Waals surface area contributed by atoms with Gasteiger partial charge in [0.1, 0.15) is 5.76 Å². The Balaban J connectivity index is 1.59. The summed E-state index contributed by atoms with van der Waals surface area (Å²) in [6.07, 6.45) is 8.61. The summed E-state index contributed by atoms with van der Waals surface area (Å²) in [5.74, 6) is 3.56. The molecule has 0 saturated heterocycles. The summed E-state index contributed by atoms with van der Waals surface area (Å²) in [6.45, 7) is 7.01. The van der Waals surface area contributed by atoms with Crippen LogP contribution in [0.2, 0.25) is 0 Å². The SMILES string of the molecule is CC(C)(C)CC1CC(c2oncc2C2CC2)C1. The fraction of sp³-hybridized carbons (Fsp3) is 0.800. The summed E-state index contributed by atoms with van der Waals surface area (Å²) >= 11 is 0. The van der Waals surface area contributed by atoms with Crippen LogP contribution < -0.4 is 0 Å². The third-order valence-electron chi connectivity index (χ3n) is 4.15. The summed E-state index contributed by atoms with van der Waals surface area (Å²) in [5, 5.41) is 4.01. The van der Waals surface area contributed by atoms with Crippen LogP contribution in [0.1, 0.15) is 76.0 Å². The molecule has 94 valence electrons. The molecule has 2 aliphatic carbocycles. The third kappa shape index (κ3) is 2.41. The van der Waals surface area contributed by atoms with Crippen molar-refractivity contribution < 1.29 is 4.52 Å². The van der Waals surface area contributed by atoms with Crippen LogP contribution in [0.5, 0.6) is 0 Å². The van der Waals surface area contributed by atoms with E-state index >= 15 is 0 Å². The second-order valence-corrected chi connectivity index (χ2v) is 7.22. The van der Waals surface area contributed by atoms with Gasteiger partial charge in [0.2, 0.25) is 0 Å². The minimum Gasteiger partial charge on any atom is -0.361 e. The Bertz CT molecular complexity index is 391. The average Bonchev–Trinajstić information content (AvgIpc) is 2.89. The number of hydrogen-bond acceptors (Lipinski definition) is 2. The maximum atomic E-state index is 5.50. The van der Waals surface area contributed by atoms with Crippen molar-refractivity contribution in [2.75, 3.05) is 0 Å². The van der Waals surface area contributed by atoms with Crippen LogP contribution in [-0.2, 0) is 0 Å². The molecule has 2 aliphatic rings. The maximum absolute atomic E-state index is 5.50. The number of rotatable bonds is 3. The predicted octanol–water partition coefficient (Wildman–Crippen LogP) is 4.48. The summed E-state index contributed by atoms with van der Waals surface area (Å²) in [4.78, 5) is 0. The molecule has 3 rings (SSSR count). The van der Waals surface area contributed by atoms with Gasteiger partial charge in [-0.1, -0.05) is 25.9 Å². The van der Waals surface area contributed by atoms with E-state index in [1.54, 1.807) is 0 Å². The second-order valence-electron chi connectivity index (χ2n) is 7.22. The van der Waals surface area contributed by atoms with Crippen LogP contribution in [0.25, 0.3) is 0 Å². The van der Waals surface area contributed by atoms with Crippen molar-refractivity contribution in [2.24, 2.45) is 11.3 Å². The van der Waals surface area contributed by atoms with Crippen molar-refractivity contribution in [1.29, 1.82) is 0 Å². The third-order valence-corrected chi connectivity index (χ3v) is 4.15. The zero-order chi connectivity index (χ0) is 12.0. The van der Waals surface area contributed by atoms with Gasteiger partial charge in [-0.3, -0.25) is 0 Å². The lowest BCUT2D eigenvalue weighted by molar-refractivity contribution is 0.158. The van der Waals surface area contributed by atoms with E-state index in [-0.39, 0.29) is 0 Å². The minimum atomic E-state index is 0.469. The number of hydrogen-bond donors (Lipinski definition) is 0. The Labute approximate surface area is 104 Å². The summed E-state index contributed by atoms with van der Waals surface area (Å²) in [5.41, 5.74) is 1.89. The van der Waals surface area contributed by atoms with Crippen LogP contribution >= 0.6 is 0 Å². The van der Waals surface area contributed by atoms with Crippen LogP contribution in [-0.4, -0.2) is 5.16 Å². The highest BCUT2D eigenvalue weighted by Crippen LogP contribution is 2.51. The van der Waals surface area contributed by atoms with E-state index in [2.05, 4.69) is 25.9 Å². The topological polar surface area (TPSA) is 26.0 Å². The Morgan fingerprint density at radius 3 is 2.53 bits per heavy atom. The van der Waals surface area contributed by atoms with Gasteiger partial charge >= 0.3 is 0 Å². The zero-order valence-corrected chi connectivity index (χ0v) is 11.2. The van der Waals surface area contributed by atoms with Gasteiger partial charge in [-0.25, -0.2) is 0 Å². The second kappa shape index (κ2) is 3.86. The molecule has 2 saturated carbocycles. The lowest BCUT2D eigenvalue weighted by Crippen LogP contribution is -2.26. The molecule has 2 nitrogen and oxygen atoms in total. The monoisotopic (exact) mass is 233 g/mol. The Kier molecular flexibility index (Phi) is 2.57. The van der Waals surface area contributed by atoms with Crippen molar-refractivity contribution in [2.45, 2.75) is 64.7 Å². The van der Waals surface area contributed by atoms with Gasteiger partial charge in [0.25, 0.3) is 0 Å². The van der Waals surface area contributed by atoms with Crippen molar-refractivity contribution in [1.82, 2.24) is 5.16 Å². The fourth-order valence-corrected chi connectivity index (χ4v) is 3.25. The van der Waals surface area contributed by atoms with Crippen molar-refractivity contribution in [3.8, 4) is 0 Å². The van der Waals surface area contributed by atoms with Gasteiger partial charge in [-0.05, 0) is 49.4 Å². The first-order chi connectivity index (χ1) is 8.03. The molecular formula is C15H23NO. The summed E-state index contributed by atoms with van der Waals surface area (Å²) in [6, 6.07) is 0. The van der Waals surface area contributed by atoms with E-state index in [0.717, 1.165) is 11.8 Å². The molecule has 0 amide bonds. The quantitative estimate of drug-likeness (QED) is 0.769. The molecule has 0 aliphatic heterocycles. The van der Waals surface area contributed by atoms with Gasteiger partial charge in [-0.15, -0.1) is 0 Å². The highest BCUT2D eigenvalue weighted by Gasteiger charge is 2.39. The number of nitrogens with zero attached hydrogens (tertiary/aromatic N) is 1. The summed E-state index contributed by atoms with van der Waals surface area (Å²) in [7, 11) is 0. The van der Waals surface area contributed by atoms with Gasteiger partial charge in [0, 0.05) is 11.5 Å². The molecule has 0 bridgehead atoms. The zero-order valence-electron chi connectivity index (χ0n) is 11.2. The van der Waals surface area contributed by atoms with E-state index in [9.17, 15) is 0 Å². The molecule has 0 unspecified atom stereocenters. The van der Waals surface area contributed by atoms with Crippen LogP contribution in [0, 0.1) is 11.3 Å². The minimum absolute atomic E-state index is 0.469. The molecule has 17 heavy (non-hydrogen) atoms. The lowest BCUT2D eigenvalue weighted by Gasteiger charge is -2.38. The first kappa shape index (κ1) is 11.3. The van der Waals surface area contributed by atoms with E-state index in [0.29, 0.717) is 11.3 Å². The maximum Gasteiger partial charge on any atom is 0.143 e. The fourth-order valence-electron chi connectivity index (χ4n) is 3.25. The lowest BCUT2D eigenvalue weighted by atomic mass is 9.67. The molecule has 2 fully saturated rings. The molecule has 0 radical (unpaired) electrons. The molecule has 0 spiro atoms. The molecule has 1 aromatic rings. The van der Waals surface area contributed by atoms with Crippen LogP contribution in [0.4, 0.5) is 0 Å². The highest BCUT2D eigenvalue weighted by molar-refractivity contribution is 5.27. The van der Waals surface area contributed by atoms with Crippen molar-refractivity contribution in [3.05, 3.63) is 17.5 Å². The first-order valence-corrected chi connectivity index (χ1v) is 6.97. The van der Waals surface area contributed by atoms with Gasteiger partial charge in [0.15, 0.2) is 0 Å². The standard InChI is InChI=1S/C15H23NO/c1-15(2,3)8-10-6-12(7-10)14-13(9-16-17-14)11-4-5-11/h9-12H,4-8H2,1-3H3. The van der Waals surface area contributed by atoms with E-state index in [1.165, 1.54) is 43.4 Å². The predicted molar refractivity (Wildman–Crippen MR) is 68.0 cm³/mol. The molecular weight excluding hydrogens is 210 g/mol. The largest absolute Gasteiger partial charge is 0.361 e.